The molecule has 32 heavy (non-hydrogen) atoms. The Hall–Kier alpha value is -2.36. The summed E-state index contributed by atoms with van der Waals surface area (Å²) in [5, 5.41) is 8.74. The lowest BCUT2D eigenvalue weighted by atomic mass is 10.3. The van der Waals surface area contributed by atoms with Gasteiger partial charge in [0.2, 0.25) is 9.60 Å². The predicted molar refractivity (Wildman–Crippen MR) is 122 cm³/mol. The molecule has 0 atom stereocenters. The maximum Gasteiger partial charge on any atom is 0.294 e. The molecule has 2 N–H and O–H groups in total. The van der Waals surface area contributed by atoms with Crippen LogP contribution < -0.4 is 9.60 Å². The number of rotatable bonds is 5. The molecule has 4 rings (SSSR count). The average Bonchev–Trinajstić information content (AvgIpc) is 3.26. The number of hydrogen-bond acceptors (Lipinski definition) is 8. The predicted octanol–water partition coefficient (Wildman–Crippen LogP) is 2.67. The van der Waals surface area contributed by atoms with Gasteiger partial charge in [0.15, 0.2) is 0 Å². The van der Waals surface area contributed by atoms with Gasteiger partial charge >= 0.3 is 0 Å². The summed E-state index contributed by atoms with van der Waals surface area (Å²) >= 11 is 2.47. The third-order valence-electron chi connectivity index (χ3n) is 4.76. The molecule has 170 valence electrons. The van der Waals surface area contributed by atoms with Gasteiger partial charge in [-0.05, 0) is 50.2 Å². The Morgan fingerprint density at radius 3 is 1.44 bits per heavy atom. The van der Waals surface area contributed by atoms with Crippen molar-refractivity contribution in [1.29, 1.82) is 0 Å². The highest BCUT2D eigenvalue weighted by atomic mass is 32.2. The molecular weight excluding hydrogens is 496 g/mol. The second-order valence-electron chi connectivity index (χ2n) is 6.67. The van der Waals surface area contributed by atoms with E-state index in [9.17, 15) is 25.9 Å². The molecule has 0 bridgehead atoms. The van der Waals surface area contributed by atoms with E-state index in [-0.39, 0.29) is 9.79 Å². The number of thiazole rings is 2. The fourth-order valence-electron chi connectivity index (χ4n) is 3.28. The highest BCUT2D eigenvalue weighted by molar-refractivity contribution is 7.86. The number of fused-ring (bicyclic) bond motifs is 2. The zero-order valence-corrected chi connectivity index (χ0v) is 20.1. The van der Waals surface area contributed by atoms with E-state index in [1.54, 1.807) is 12.1 Å². The van der Waals surface area contributed by atoms with Crippen LogP contribution in [0.15, 0.2) is 56.4 Å². The van der Waals surface area contributed by atoms with Crippen LogP contribution in [-0.4, -0.2) is 35.1 Å². The van der Waals surface area contributed by atoms with Crippen molar-refractivity contribution in [3.8, 4) is 0 Å². The summed E-state index contributed by atoms with van der Waals surface area (Å²) in [4.78, 5) is 0.685. The van der Waals surface area contributed by atoms with Gasteiger partial charge in [0.05, 0.1) is 30.2 Å². The first kappa shape index (κ1) is 22.8. The van der Waals surface area contributed by atoms with Crippen molar-refractivity contribution in [3.63, 3.8) is 0 Å². The molecule has 0 unspecified atom stereocenters. The minimum atomic E-state index is -4.32. The van der Waals surface area contributed by atoms with Crippen molar-refractivity contribution < 1.29 is 25.9 Å². The summed E-state index contributed by atoms with van der Waals surface area (Å²) in [7, 11) is -8.63. The number of benzene rings is 2. The van der Waals surface area contributed by atoms with Gasteiger partial charge in [-0.3, -0.25) is 9.11 Å². The molecule has 0 aliphatic heterocycles. The molecule has 0 saturated heterocycles. The Labute approximate surface area is 190 Å². The topological polar surface area (TPSA) is 143 Å². The van der Waals surface area contributed by atoms with Crippen LogP contribution in [0.5, 0.6) is 0 Å². The van der Waals surface area contributed by atoms with E-state index in [1.165, 1.54) is 46.9 Å². The van der Waals surface area contributed by atoms with Crippen molar-refractivity contribution in [2.75, 3.05) is 0 Å². The second-order valence-corrected chi connectivity index (χ2v) is 11.5. The summed E-state index contributed by atoms with van der Waals surface area (Å²) in [6, 6.07) is 8.68. The first-order valence-electron chi connectivity index (χ1n) is 9.32. The SMILES string of the molecule is CCn1/c(=N\N=c2\sc3cc(S(=O)(=O)O)ccc3n2CC)sc2cc(S(=O)(=O)O)ccc21. The molecule has 0 spiro atoms. The molecule has 0 saturated carbocycles. The maximum atomic E-state index is 11.4. The van der Waals surface area contributed by atoms with Crippen molar-refractivity contribution in [2.24, 2.45) is 10.2 Å². The first-order chi connectivity index (χ1) is 15.0. The molecular formula is C18H18N4O6S4. The number of nitrogens with zero attached hydrogens (tertiary/aromatic N) is 4. The first-order valence-corrected chi connectivity index (χ1v) is 13.8. The van der Waals surface area contributed by atoms with Crippen LogP contribution in [0.4, 0.5) is 0 Å². The number of hydrogen-bond donors (Lipinski definition) is 2. The average molecular weight is 515 g/mol. The Bertz CT molecular complexity index is 1580. The monoisotopic (exact) mass is 514 g/mol. The minimum absolute atomic E-state index is 0.194. The van der Waals surface area contributed by atoms with Crippen LogP contribution in [0.2, 0.25) is 0 Å². The third kappa shape index (κ3) is 4.16. The minimum Gasteiger partial charge on any atom is -0.315 e. The van der Waals surface area contributed by atoms with Gasteiger partial charge in [0.1, 0.15) is 0 Å². The molecule has 0 aliphatic rings. The Morgan fingerprint density at radius 2 is 1.12 bits per heavy atom. The molecule has 2 aromatic heterocycles. The van der Waals surface area contributed by atoms with E-state index in [0.29, 0.717) is 32.1 Å². The molecule has 0 amide bonds. The van der Waals surface area contributed by atoms with Gasteiger partial charge in [0.25, 0.3) is 20.2 Å². The summed E-state index contributed by atoms with van der Waals surface area (Å²) in [5.74, 6) is 0. The highest BCUT2D eigenvalue weighted by Gasteiger charge is 2.14. The van der Waals surface area contributed by atoms with E-state index in [4.69, 9.17) is 0 Å². The quantitative estimate of drug-likeness (QED) is 0.310. The molecule has 10 nitrogen and oxygen atoms in total. The van der Waals surface area contributed by atoms with E-state index < -0.39 is 20.2 Å². The molecule has 2 heterocycles. The molecule has 0 fully saturated rings. The Kier molecular flexibility index (Phi) is 5.85. The fraction of sp³-hybridized carbons (Fsp3) is 0.222. The van der Waals surface area contributed by atoms with Crippen LogP contribution in [0, 0.1) is 0 Å². The lowest BCUT2D eigenvalue weighted by molar-refractivity contribution is 0.481. The zero-order valence-electron chi connectivity index (χ0n) is 16.8. The van der Waals surface area contributed by atoms with Gasteiger partial charge in [-0.25, -0.2) is 0 Å². The van der Waals surface area contributed by atoms with Crippen molar-refractivity contribution >= 4 is 63.3 Å². The van der Waals surface area contributed by atoms with Crippen molar-refractivity contribution in [3.05, 3.63) is 46.0 Å². The third-order valence-corrected chi connectivity index (χ3v) is 8.52. The highest BCUT2D eigenvalue weighted by Crippen LogP contribution is 2.23. The van der Waals surface area contributed by atoms with E-state index in [0.717, 1.165) is 11.0 Å². The fourth-order valence-corrected chi connectivity index (χ4v) is 6.61. The van der Waals surface area contributed by atoms with Crippen LogP contribution >= 0.6 is 22.7 Å². The van der Waals surface area contributed by atoms with Gasteiger partial charge in [-0.1, -0.05) is 22.7 Å². The van der Waals surface area contributed by atoms with Crippen LogP contribution in [0.3, 0.4) is 0 Å². The summed E-state index contributed by atoms with van der Waals surface area (Å²) in [6.07, 6.45) is 0. The normalized spacial score (nSPS) is 14.1. The van der Waals surface area contributed by atoms with Crippen molar-refractivity contribution in [2.45, 2.75) is 36.7 Å². The number of aromatic nitrogens is 2. The Balaban J connectivity index is 1.93. The van der Waals surface area contributed by atoms with Gasteiger partial charge in [-0.15, -0.1) is 10.2 Å². The Morgan fingerprint density at radius 1 is 0.750 bits per heavy atom. The molecule has 0 aliphatic carbocycles. The largest absolute Gasteiger partial charge is 0.315 e. The molecule has 4 aromatic rings. The molecule has 0 radical (unpaired) electrons. The van der Waals surface area contributed by atoms with Crippen molar-refractivity contribution in [1.82, 2.24) is 9.13 Å². The van der Waals surface area contributed by atoms with Crippen LogP contribution in [0.1, 0.15) is 13.8 Å². The summed E-state index contributed by atoms with van der Waals surface area (Å²) < 4.78 is 69.4. The van der Waals surface area contributed by atoms with Crippen LogP contribution in [-0.2, 0) is 33.3 Å². The maximum absolute atomic E-state index is 11.4. The summed E-state index contributed by atoms with van der Waals surface area (Å²) in [6.45, 7) is 4.98. The van der Waals surface area contributed by atoms with Gasteiger partial charge < -0.3 is 9.13 Å². The second kappa shape index (κ2) is 8.20. The van der Waals surface area contributed by atoms with Gasteiger partial charge in [-0.2, -0.15) is 16.8 Å². The molecule has 14 heteroatoms. The van der Waals surface area contributed by atoms with Crippen LogP contribution in [0.25, 0.3) is 20.4 Å². The lowest BCUT2D eigenvalue weighted by Gasteiger charge is -2.01. The van der Waals surface area contributed by atoms with E-state index >= 15 is 0 Å². The standard InChI is InChI=1S/C18H18N4O6S4/c1-3-21-13-7-5-11(31(23,24)25)9-15(13)29-17(21)19-20-18-22(4-2)14-8-6-12(32(26,27)28)10-16(14)30-18/h5-10H,3-4H2,1-2H3,(H,23,24,25)(H,26,27,28)/b19-17+,20-18+. The lowest BCUT2D eigenvalue weighted by Crippen LogP contribution is -2.16. The molecule has 2 aromatic carbocycles. The zero-order chi connectivity index (χ0) is 23.3. The smallest absolute Gasteiger partial charge is 0.294 e. The van der Waals surface area contributed by atoms with E-state index in [1.807, 2.05) is 23.0 Å². The van der Waals surface area contributed by atoms with E-state index in [2.05, 4.69) is 10.2 Å². The summed E-state index contributed by atoms with van der Waals surface area (Å²) in [5.41, 5.74) is 1.52. The number of aryl methyl sites for hydroxylation is 2. The van der Waals surface area contributed by atoms with Gasteiger partial charge in [0, 0.05) is 13.1 Å².